The van der Waals surface area contributed by atoms with E-state index >= 15 is 0 Å². The van der Waals surface area contributed by atoms with Gasteiger partial charge in [0.1, 0.15) is 0 Å². The Balaban J connectivity index is 1.62. The second kappa shape index (κ2) is 4.64. The highest BCUT2D eigenvalue weighted by molar-refractivity contribution is 7.20. The summed E-state index contributed by atoms with van der Waals surface area (Å²) in [6.45, 7) is 3.06. The monoisotopic (exact) mass is 250 g/mol. The Morgan fingerprint density at radius 1 is 1.41 bits per heavy atom. The second-order valence-electron chi connectivity index (χ2n) is 4.90. The lowest BCUT2D eigenvalue weighted by atomic mass is 9.89. The SMILES string of the molecule is Cc1cn2nc(NCC3CCCCC3)sc2n1. The Labute approximate surface area is 105 Å². The molecule has 0 saturated heterocycles. The zero-order valence-corrected chi connectivity index (χ0v) is 11.0. The van der Waals surface area contributed by atoms with Crippen molar-refractivity contribution in [2.75, 3.05) is 11.9 Å². The molecule has 0 aromatic carbocycles. The molecule has 4 nitrogen and oxygen atoms in total. The highest BCUT2D eigenvalue weighted by atomic mass is 32.1. The van der Waals surface area contributed by atoms with E-state index in [1.54, 1.807) is 11.3 Å². The minimum absolute atomic E-state index is 0.835. The molecule has 1 N–H and O–H groups in total. The van der Waals surface area contributed by atoms with E-state index < -0.39 is 0 Å². The highest BCUT2D eigenvalue weighted by Crippen LogP contribution is 2.25. The first-order valence-electron chi connectivity index (χ1n) is 6.38. The molecule has 2 aromatic rings. The molecule has 0 bridgehead atoms. The summed E-state index contributed by atoms with van der Waals surface area (Å²) in [5, 5.41) is 8.93. The molecule has 3 rings (SSSR count). The van der Waals surface area contributed by atoms with Gasteiger partial charge in [-0.05, 0) is 25.7 Å². The lowest BCUT2D eigenvalue weighted by molar-refractivity contribution is 0.373. The third-order valence-electron chi connectivity index (χ3n) is 3.43. The van der Waals surface area contributed by atoms with Gasteiger partial charge in [0.15, 0.2) is 0 Å². The Kier molecular flexibility index (Phi) is 3.01. The van der Waals surface area contributed by atoms with E-state index in [4.69, 9.17) is 0 Å². The Hall–Kier alpha value is -1.10. The van der Waals surface area contributed by atoms with Crippen LogP contribution in [0.3, 0.4) is 0 Å². The quantitative estimate of drug-likeness (QED) is 0.910. The molecule has 0 atom stereocenters. The van der Waals surface area contributed by atoms with Gasteiger partial charge < -0.3 is 5.32 Å². The number of fused-ring (bicyclic) bond motifs is 1. The molecular formula is C12H18N4S. The molecule has 1 fully saturated rings. The topological polar surface area (TPSA) is 42.2 Å². The second-order valence-corrected chi connectivity index (χ2v) is 5.86. The van der Waals surface area contributed by atoms with E-state index in [1.165, 1.54) is 32.1 Å². The molecule has 0 unspecified atom stereocenters. The van der Waals surface area contributed by atoms with Gasteiger partial charge in [0.25, 0.3) is 0 Å². The van der Waals surface area contributed by atoms with Gasteiger partial charge >= 0.3 is 0 Å². The van der Waals surface area contributed by atoms with Crippen molar-refractivity contribution in [1.82, 2.24) is 14.6 Å². The van der Waals surface area contributed by atoms with Crippen LogP contribution in [0.5, 0.6) is 0 Å². The fraction of sp³-hybridized carbons (Fsp3) is 0.667. The fourth-order valence-electron chi connectivity index (χ4n) is 2.50. The molecule has 17 heavy (non-hydrogen) atoms. The molecular weight excluding hydrogens is 232 g/mol. The van der Waals surface area contributed by atoms with Crippen LogP contribution in [-0.4, -0.2) is 21.1 Å². The van der Waals surface area contributed by atoms with E-state index in [0.717, 1.165) is 28.2 Å². The van der Waals surface area contributed by atoms with Crippen molar-refractivity contribution in [2.45, 2.75) is 39.0 Å². The molecule has 5 heteroatoms. The predicted octanol–water partition coefficient (Wildman–Crippen LogP) is 3.09. The summed E-state index contributed by atoms with van der Waals surface area (Å²) in [4.78, 5) is 5.39. The number of aryl methyl sites for hydroxylation is 1. The number of aromatic nitrogens is 3. The molecule has 1 saturated carbocycles. The van der Waals surface area contributed by atoms with Crippen molar-refractivity contribution in [1.29, 1.82) is 0 Å². The van der Waals surface area contributed by atoms with Crippen molar-refractivity contribution < 1.29 is 0 Å². The summed E-state index contributed by atoms with van der Waals surface area (Å²) < 4.78 is 1.86. The van der Waals surface area contributed by atoms with Gasteiger partial charge in [-0.3, -0.25) is 0 Å². The largest absolute Gasteiger partial charge is 0.360 e. The molecule has 0 spiro atoms. The smallest absolute Gasteiger partial charge is 0.214 e. The fourth-order valence-corrected chi connectivity index (χ4v) is 3.34. The normalized spacial score (nSPS) is 17.7. The van der Waals surface area contributed by atoms with Gasteiger partial charge in [0.2, 0.25) is 10.1 Å². The van der Waals surface area contributed by atoms with Gasteiger partial charge in [-0.1, -0.05) is 30.6 Å². The lowest BCUT2D eigenvalue weighted by Crippen LogP contribution is -2.17. The zero-order chi connectivity index (χ0) is 11.7. The van der Waals surface area contributed by atoms with E-state index in [0.29, 0.717) is 0 Å². The Morgan fingerprint density at radius 2 is 2.24 bits per heavy atom. The van der Waals surface area contributed by atoms with Gasteiger partial charge in [-0.2, -0.15) is 0 Å². The average Bonchev–Trinajstić information content (AvgIpc) is 2.84. The summed E-state index contributed by atoms with van der Waals surface area (Å²) in [7, 11) is 0. The van der Waals surface area contributed by atoms with Crippen LogP contribution in [0.2, 0.25) is 0 Å². The maximum Gasteiger partial charge on any atom is 0.214 e. The zero-order valence-electron chi connectivity index (χ0n) is 10.1. The van der Waals surface area contributed by atoms with Gasteiger partial charge in [-0.15, -0.1) is 5.10 Å². The summed E-state index contributed by atoms with van der Waals surface area (Å²) in [6.07, 6.45) is 8.92. The van der Waals surface area contributed by atoms with Crippen LogP contribution in [0, 0.1) is 12.8 Å². The number of anilines is 1. The molecule has 0 aliphatic heterocycles. The van der Waals surface area contributed by atoms with Crippen molar-refractivity contribution in [3.63, 3.8) is 0 Å². The standard InChI is InChI=1S/C12H18N4S/c1-9-8-16-12(14-9)17-11(15-16)13-7-10-5-3-2-4-6-10/h8,10H,2-7H2,1H3,(H,13,15). The maximum absolute atomic E-state index is 4.48. The average molecular weight is 250 g/mol. The van der Waals surface area contributed by atoms with Crippen molar-refractivity contribution in [3.8, 4) is 0 Å². The minimum Gasteiger partial charge on any atom is -0.360 e. The first-order chi connectivity index (χ1) is 8.31. The molecule has 0 radical (unpaired) electrons. The molecule has 92 valence electrons. The minimum atomic E-state index is 0.835. The first kappa shape index (κ1) is 11.0. The summed E-state index contributed by atoms with van der Waals surface area (Å²) in [6, 6.07) is 0. The Bertz CT molecular complexity index is 464. The van der Waals surface area contributed by atoms with Crippen LogP contribution in [0.1, 0.15) is 37.8 Å². The third kappa shape index (κ3) is 2.44. The number of nitrogens with one attached hydrogen (secondary N) is 1. The lowest BCUT2D eigenvalue weighted by Gasteiger charge is -2.21. The number of hydrogen-bond acceptors (Lipinski definition) is 4. The van der Waals surface area contributed by atoms with E-state index in [2.05, 4.69) is 15.4 Å². The number of nitrogens with zero attached hydrogens (tertiary/aromatic N) is 3. The number of imidazole rings is 1. The molecule has 1 aliphatic rings. The summed E-state index contributed by atoms with van der Waals surface area (Å²) in [5.41, 5.74) is 1.03. The van der Waals surface area contributed by atoms with Crippen LogP contribution >= 0.6 is 11.3 Å². The van der Waals surface area contributed by atoms with Gasteiger partial charge in [0, 0.05) is 6.54 Å². The molecule has 1 aliphatic carbocycles. The summed E-state index contributed by atoms with van der Waals surface area (Å²) in [5.74, 6) is 0.835. The molecule has 0 amide bonds. The first-order valence-corrected chi connectivity index (χ1v) is 7.19. The third-order valence-corrected chi connectivity index (χ3v) is 4.31. The van der Waals surface area contributed by atoms with Gasteiger partial charge in [0.05, 0.1) is 11.9 Å². The van der Waals surface area contributed by atoms with Crippen molar-refractivity contribution >= 4 is 21.4 Å². The molecule has 2 aromatic heterocycles. The van der Waals surface area contributed by atoms with Crippen LogP contribution in [0.4, 0.5) is 5.13 Å². The van der Waals surface area contributed by atoms with E-state index in [-0.39, 0.29) is 0 Å². The van der Waals surface area contributed by atoms with Crippen LogP contribution < -0.4 is 5.32 Å². The van der Waals surface area contributed by atoms with E-state index in [9.17, 15) is 0 Å². The number of hydrogen-bond donors (Lipinski definition) is 1. The van der Waals surface area contributed by atoms with Crippen LogP contribution in [0.25, 0.3) is 4.96 Å². The van der Waals surface area contributed by atoms with Crippen LogP contribution in [-0.2, 0) is 0 Å². The van der Waals surface area contributed by atoms with Crippen LogP contribution in [0.15, 0.2) is 6.20 Å². The van der Waals surface area contributed by atoms with E-state index in [1.807, 2.05) is 17.6 Å². The summed E-state index contributed by atoms with van der Waals surface area (Å²) >= 11 is 1.64. The van der Waals surface area contributed by atoms with Crippen molar-refractivity contribution in [2.24, 2.45) is 5.92 Å². The maximum atomic E-state index is 4.48. The highest BCUT2D eigenvalue weighted by Gasteiger charge is 2.14. The predicted molar refractivity (Wildman–Crippen MR) is 70.7 cm³/mol. The Morgan fingerprint density at radius 3 is 3.00 bits per heavy atom. The van der Waals surface area contributed by atoms with Gasteiger partial charge in [-0.25, -0.2) is 9.50 Å². The van der Waals surface area contributed by atoms with Crippen molar-refractivity contribution in [3.05, 3.63) is 11.9 Å². The number of rotatable bonds is 3. The molecule has 2 heterocycles.